The van der Waals surface area contributed by atoms with Gasteiger partial charge in [-0.25, -0.2) is 0 Å². The highest BCUT2D eigenvalue weighted by atomic mass is 16.5. The molecule has 0 fully saturated rings. The molecule has 0 heterocycles. The molecule has 0 aliphatic rings. The SMILES string of the molecule is CCCCCCCOc1ccc(/C=C/C(=O)c2ccc(N=C(C)c3ccc(O)cc3O)cc2)cc1. The van der Waals surface area contributed by atoms with Crippen molar-refractivity contribution in [2.75, 3.05) is 6.61 Å². The van der Waals surface area contributed by atoms with Crippen molar-refractivity contribution < 1.29 is 19.7 Å². The minimum Gasteiger partial charge on any atom is -0.508 e. The number of rotatable bonds is 12. The third kappa shape index (κ3) is 8.14. The second-order valence-corrected chi connectivity index (χ2v) is 8.47. The molecule has 0 atom stereocenters. The van der Waals surface area contributed by atoms with Crippen molar-refractivity contribution in [1.29, 1.82) is 0 Å². The summed E-state index contributed by atoms with van der Waals surface area (Å²) in [6.07, 6.45) is 9.40. The maximum atomic E-state index is 12.6. The highest BCUT2D eigenvalue weighted by molar-refractivity contribution is 6.07. The average molecular weight is 472 g/mol. The monoisotopic (exact) mass is 471 g/mol. The van der Waals surface area contributed by atoms with Gasteiger partial charge in [-0.15, -0.1) is 0 Å². The molecule has 0 amide bonds. The lowest BCUT2D eigenvalue weighted by atomic mass is 10.1. The van der Waals surface area contributed by atoms with E-state index in [9.17, 15) is 15.0 Å². The number of ether oxygens (including phenoxy) is 1. The highest BCUT2D eigenvalue weighted by Gasteiger charge is 2.07. The fourth-order valence-electron chi connectivity index (χ4n) is 3.62. The number of hydrogen-bond acceptors (Lipinski definition) is 5. The molecule has 0 unspecified atom stereocenters. The van der Waals surface area contributed by atoms with E-state index in [-0.39, 0.29) is 17.3 Å². The zero-order chi connectivity index (χ0) is 25.0. The summed E-state index contributed by atoms with van der Waals surface area (Å²) in [6, 6.07) is 19.1. The summed E-state index contributed by atoms with van der Waals surface area (Å²) in [4.78, 5) is 17.1. The largest absolute Gasteiger partial charge is 0.508 e. The summed E-state index contributed by atoms with van der Waals surface area (Å²) >= 11 is 0. The van der Waals surface area contributed by atoms with E-state index in [1.807, 2.05) is 24.3 Å². The first-order valence-electron chi connectivity index (χ1n) is 12.1. The maximum absolute atomic E-state index is 12.6. The van der Waals surface area contributed by atoms with Crippen molar-refractivity contribution >= 4 is 23.3 Å². The second kappa shape index (κ2) is 13.1. The van der Waals surface area contributed by atoms with Gasteiger partial charge in [-0.05, 0) is 73.5 Å². The molecule has 3 rings (SSSR count). The van der Waals surface area contributed by atoms with Crippen molar-refractivity contribution in [2.45, 2.75) is 46.0 Å². The maximum Gasteiger partial charge on any atom is 0.185 e. The van der Waals surface area contributed by atoms with Crippen LogP contribution in [0.25, 0.3) is 6.08 Å². The summed E-state index contributed by atoms with van der Waals surface area (Å²) < 4.78 is 5.79. The Kier molecular flexibility index (Phi) is 9.67. The Hall–Kier alpha value is -3.86. The lowest BCUT2D eigenvalue weighted by molar-refractivity contribution is 0.104. The molecule has 35 heavy (non-hydrogen) atoms. The van der Waals surface area contributed by atoms with E-state index in [0.717, 1.165) is 24.3 Å². The lowest BCUT2D eigenvalue weighted by Crippen LogP contribution is -1.97. The summed E-state index contributed by atoms with van der Waals surface area (Å²) in [7, 11) is 0. The van der Waals surface area contributed by atoms with Crippen LogP contribution in [0.4, 0.5) is 5.69 Å². The molecule has 0 radical (unpaired) electrons. The number of allylic oxidation sites excluding steroid dienone is 1. The first-order chi connectivity index (χ1) is 17.0. The first kappa shape index (κ1) is 25.8. The summed E-state index contributed by atoms with van der Waals surface area (Å²) in [5.74, 6) is 0.703. The number of ketones is 1. The summed E-state index contributed by atoms with van der Waals surface area (Å²) in [5.41, 5.74) is 3.30. The quantitative estimate of drug-likeness (QED) is 0.124. The summed E-state index contributed by atoms with van der Waals surface area (Å²) in [5, 5.41) is 19.4. The van der Waals surface area contributed by atoms with Crippen molar-refractivity contribution in [3.8, 4) is 17.2 Å². The van der Waals surface area contributed by atoms with Crippen LogP contribution in [-0.2, 0) is 0 Å². The second-order valence-electron chi connectivity index (χ2n) is 8.47. The Labute approximate surface area is 207 Å². The number of phenolic OH excluding ortho intramolecular Hbond substituents is 2. The summed E-state index contributed by atoms with van der Waals surface area (Å²) in [6.45, 7) is 4.72. The third-order valence-corrected chi connectivity index (χ3v) is 5.64. The Bertz CT molecular complexity index is 1160. The van der Waals surface area contributed by atoms with Crippen LogP contribution >= 0.6 is 0 Å². The fraction of sp³-hybridized carbons (Fsp3) is 0.267. The molecule has 0 aliphatic heterocycles. The van der Waals surface area contributed by atoms with E-state index >= 15 is 0 Å². The van der Waals surface area contributed by atoms with Crippen LogP contribution in [0.2, 0.25) is 0 Å². The van der Waals surface area contributed by atoms with Crippen LogP contribution in [0.1, 0.15) is 67.4 Å². The van der Waals surface area contributed by atoms with Gasteiger partial charge in [0, 0.05) is 22.9 Å². The topological polar surface area (TPSA) is 79.1 Å². The number of carbonyl (C=O) groups is 1. The molecule has 5 heteroatoms. The Balaban J connectivity index is 1.54. The number of hydrogen-bond donors (Lipinski definition) is 2. The highest BCUT2D eigenvalue weighted by Crippen LogP contribution is 2.25. The van der Waals surface area contributed by atoms with Crippen LogP contribution in [0.5, 0.6) is 17.2 Å². The van der Waals surface area contributed by atoms with E-state index in [4.69, 9.17) is 4.74 Å². The van der Waals surface area contributed by atoms with Crippen LogP contribution in [0.3, 0.4) is 0 Å². The van der Waals surface area contributed by atoms with Crippen molar-refractivity contribution in [3.05, 3.63) is 89.5 Å². The normalized spacial score (nSPS) is 11.7. The minimum absolute atomic E-state index is 0.00703. The lowest BCUT2D eigenvalue weighted by Gasteiger charge is -2.06. The van der Waals surface area contributed by atoms with Gasteiger partial charge in [-0.3, -0.25) is 9.79 Å². The van der Waals surface area contributed by atoms with Gasteiger partial charge in [-0.1, -0.05) is 50.8 Å². The number of aliphatic imine (C=N–C) groups is 1. The van der Waals surface area contributed by atoms with E-state index in [0.29, 0.717) is 22.5 Å². The smallest absolute Gasteiger partial charge is 0.185 e. The Morgan fingerprint density at radius 1 is 0.914 bits per heavy atom. The minimum atomic E-state index is -0.0964. The fourth-order valence-corrected chi connectivity index (χ4v) is 3.62. The molecule has 2 N–H and O–H groups in total. The van der Waals surface area contributed by atoms with E-state index < -0.39 is 0 Å². The Morgan fingerprint density at radius 2 is 1.63 bits per heavy atom. The molecule has 0 saturated heterocycles. The average Bonchev–Trinajstić information content (AvgIpc) is 2.85. The van der Waals surface area contributed by atoms with Crippen molar-refractivity contribution in [3.63, 3.8) is 0 Å². The molecule has 182 valence electrons. The zero-order valence-electron chi connectivity index (χ0n) is 20.4. The van der Waals surface area contributed by atoms with Gasteiger partial charge in [0.25, 0.3) is 0 Å². The molecule has 0 bridgehead atoms. The first-order valence-corrected chi connectivity index (χ1v) is 12.1. The van der Waals surface area contributed by atoms with Crippen LogP contribution < -0.4 is 4.74 Å². The van der Waals surface area contributed by atoms with Gasteiger partial charge in [0.05, 0.1) is 12.3 Å². The van der Waals surface area contributed by atoms with Gasteiger partial charge < -0.3 is 14.9 Å². The van der Waals surface area contributed by atoms with E-state index in [1.165, 1.54) is 37.8 Å². The third-order valence-electron chi connectivity index (χ3n) is 5.64. The van der Waals surface area contributed by atoms with Crippen LogP contribution in [-0.4, -0.2) is 28.3 Å². The van der Waals surface area contributed by atoms with Gasteiger partial charge >= 0.3 is 0 Å². The van der Waals surface area contributed by atoms with Crippen molar-refractivity contribution in [1.82, 2.24) is 0 Å². The van der Waals surface area contributed by atoms with Crippen LogP contribution in [0.15, 0.2) is 77.8 Å². The number of phenols is 2. The molecule has 0 spiro atoms. The zero-order valence-corrected chi connectivity index (χ0v) is 20.4. The number of benzene rings is 3. The van der Waals surface area contributed by atoms with Gasteiger partial charge in [-0.2, -0.15) is 0 Å². The number of nitrogens with zero attached hydrogens (tertiary/aromatic N) is 1. The van der Waals surface area contributed by atoms with Gasteiger partial charge in [0.2, 0.25) is 0 Å². The van der Waals surface area contributed by atoms with Crippen LogP contribution in [0, 0.1) is 0 Å². The molecule has 5 nitrogen and oxygen atoms in total. The van der Waals surface area contributed by atoms with Gasteiger partial charge in [0.15, 0.2) is 5.78 Å². The number of aromatic hydroxyl groups is 2. The number of unbranched alkanes of at least 4 members (excludes halogenated alkanes) is 4. The molecule has 0 aliphatic carbocycles. The standard InChI is InChI=1S/C30H33NO4/c1-3-4-5-6-7-20-35-27-16-8-23(9-17-27)10-19-29(33)24-11-13-25(14-12-24)31-22(2)28-18-15-26(32)21-30(28)34/h8-19,21,32,34H,3-7,20H2,1-2H3/b19-10+,31-22?. The van der Waals surface area contributed by atoms with Crippen molar-refractivity contribution in [2.24, 2.45) is 4.99 Å². The molecule has 0 saturated carbocycles. The predicted molar refractivity (Wildman–Crippen MR) is 142 cm³/mol. The molecular weight excluding hydrogens is 438 g/mol. The molecular formula is C30H33NO4. The van der Waals surface area contributed by atoms with Gasteiger partial charge in [0.1, 0.15) is 17.2 Å². The molecule has 3 aromatic rings. The predicted octanol–water partition coefficient (Wildman–Crippen LogP) is 7.48. The van der Waals surface area contributed by atoms with E-state index in [2.05, 4.69) is 11.9 Å². The van der Waals surface area contributed by atoms with E-state index in [1.54, 1.807) is 49.4 Å². The number of carbonyl (C=O) groups excluding carboxylic acids is 1. The molecule has 3 aromatic carbocycles. The Morgan fingerprint density at radius 3 is 2.31 bits per heavy atom. The molecule has 0 aromatic heterocycles.